The van der Waals surface area contributed by atoms with Crippen molar-refractivity contribution in [2.24, 2.45) is 0 Å². The van der Waals surface area contributed by atoms with Gasteiger partial charge < -0.3 is 5.32 Å². The smallest absolute Gasteiger partial charge is 0.322 e. The summed E-state index contributed by atoms with van der Waals surface area (Å²) in [5.74, 6) is 0. The topological polar surface area (TPSA) is 82.6 Å². The first-order valence-electron chi connectivity index (χ1n) is 10.2. The first-order valence-corrected chi connectivity index (χ1v) is 13.2. The van der Waals surface area contributed by atoms with Crippen molar-refractivity contribution in [1.29, 1.82) is 0 Å². The summed E-state index contributed by atoms with van der Waals surface area (Å²) in [5.41, 5.74) is 1.19. The second-order valence-electron chi connectivity index (χ2n) is 8.85. The van der Waals surface area contributed by atoms with Gasteiger partial charge in [0.1, 0.15) is 0 Å². The number of halogens is 1. The summed E-state index contributed by atoms with van der Waals surface area (Å²) in [6.45, 7) is 0.440. The Morgan fingerprint density at radius 1 is 1.16 bits per heavy atom. The van der Waals surface area contributed by atoms with Crippen LogP contribution in [0.15, 0.2) is 47.6 Å². The number of nitrogens with zero attached hydrogens (tertiary/aromatic N) is 3. The van der Waals surface area contributed by atoms with E-state index in [1.807, 2.05) is 0 Å². The zero-order valence-corrected chi connectivity index (χ0v) is 20.9. The van der Waals surface area contributed by atoms with Gasteiger partial charge in [-0.05, 0) is 86.1 Å². The molecule has 1 aliphatic heterocycles. The summed E-state index contributed by atoms with van der Waals surface area (Å²) in [4.78, 5) is 21.0. The molecule has 166 valence electrons. The Morgan fingerprint density at radius 2 is 1.87 bits per heavy atom. The molecule has 1 saturated heterocycles. The molecule has 1 spiro atoms. The number of sulfone groups is 1. The second-order valence-corrected chi connectivity index (χ2v) is 12.1. The van der Waals surface area contributed by atoms with Crippen molar-refractivity contribution in [2.45, 2.75) is 41.7 Å². The average Bonchev–Trinajstić information content (AvgIpc) is 3.04. The van der Waals surface area contributed by atoms with Crippen LogP contribution in [0.1, 0.15) is 31.2 Å². The number of hydrogen-bond donors (Lipinski definition) is 1. The van der Waals surface area contributed by atoms with Crippen LogP contribution in [0.4, 0.5) is 10.5 Å². The third kappa shape index (κ3) is 4.07. The molecule has 2 heterocycles. The summed E-state index contributed by atoms with van der Waals surface area (Å²) in [6.07, 6.45) is 7.49. The van der Waals surface area contributed by atoms with Gasteiger partial charge in [-0.25, -0.2) is 13.2 Å². The molecule has 0 bridgehead atoms. The maximum Gasteiger partial charge on any atom is 0.322 e. The highest BCUT2D eigenvalue weighted by Gasteiger charge is 2.50. The molecule has 0 radical (unpaired) electrons. The molecule has 2 fully saturated rings. The summed E-state index contributed by atoms with van der Waals surface area (Å²) in [5, 5.41) is 3.18. The fraction of sp³-hybridized carbons (Fsp3) is 0.455. The van der Waals surface area contributed by atoms with Crippen molar-refractivity contribution in [3.8, 4) is 0 Å². The summed E-state index contributed by atoms with van der Waals surface area (Å²) in [6, 6.07) is 9.82. The Kier molecular flexibility index (Phi) is 5.80. The number of nitrogens with one attached hydrogen (secondary N) is 1. The average molecular weight is 554 g/mol. The number of anilines is 1. The van der Waals surface area contributed by atoms with E-state index in [1.54, 1.807) is 0 Å². The fourth-order valence-electron chi connectivity index (χ4n) is 4.99. The highest BCUT2D eigenvalue weighted by Crippen LogP contribution is 2.46. The number of aromatic nitrogens is 1. The number of benzene rings is 1. The zero-order chi connectivity index (χ0) is 22.4. The number of amides is 2. The van der Waals surface area contributed by atoms with E-state index in [4.69, 9.17) is 0 Å². The van der Waals surface area contributed by atoms with E-state index in [9.17, 15) is 13.2 Å². The van der Waals surface area contributed by atoms with Crippen molar-refractivity contribution in [2.75, 3.05) is 31.8 Å². The molecule has 31 heavy (non-hydrogen) atoms. The third-order valence-corrected chi connectivity index (χ3v) is 8.60. The van der Waals surface area contributed by atoms with Crippen LogP contribution in [0.5, 0.6) is 0 Å². The monoisotopic (exact) mass is 554 g/mol. The lowest BCUT2D eigenvalue weighted by molar-refractivity contribution is 0.0657. The zero-order valence-electron chi connectivity index (χ0n) is 17.9. The number of pyridine rings is 1. The minimum absolute atomic E-state index is 0.0865. The standard InChI is InChI=1S/C22H27IN4O3S/c1-26(2)22(16-5-4-6-17(23)13-16)10-8-21(9-11-22)15-27(20(28)25-21)18-14-24-12-7-19(18)31(3,29)30/h4-7,12-14H,8-11,15H2,1-3H3,(H,25,28). The molecule has 4 rings (SSSR count). The van der Waals surface area contributed by atoms with Gasteiger partial charge in [0.05, 0.1) is 28.9 Å². The first kappa shape index (κ1) is 22.5. The number of hydrogen-bond acceptors (Lipinski definition) is 5. The van der Waals surface area contributed by atoms with Crippen molar-refractivity contribution < 1.29 is 13.2 Å². The normalized spacial score (nSPS) is 26.5. The highest BCUT2D eigenvalue weighted by molar-refractivity contribution is 14.1. The van der Waals surface area contributed by atoms with Gasteiger partial charge in [-0.2, -0.15) is 0 Å². The Labute approximate surface area is 197 Å². The number of rotatable bonds is 4. The lowest BCUT2D eigenvalue weighted by Crippen LogP contribution is -2.54. The summed E-state index contributed by atoms with van der Waals surface area (Å²) >= 11 is 2.35. The van der Waals surface area contributed by atoms with E-state index >= 15 is 0 Å². The Morgan fingerprint density at radius 3 is 2.48 bits per heavy atom. The molecule has 0 atom stereocenters. The van der Waals surface area contributed by atoms with Gasteiger partial charge in [-0.3, -0.25) is 14.8 Å². The minimum Gasteiger partial charge on any atom is -0.330 e. The molecule has 1 saturated carbocycles. The lowest BCUT2D eigenvalue weighted by atomic mass is 9.69. The third-order valence-electron chi connectivity index (χ3n) is 6.78. The van der Waals surface area contributed by atoms with Crippen LogP contribution in [0.2, 0.25) is 0 Å². The SMILES string of the molecule is CN(C)C1(c2cccc(I)c2)CCC2(CC1)CN(c1cnccc1S(C)(=O)=O)C(=O)N2. The van der Waals surface area contributed by atoms with Crippen molar-refractivity contribution >= 4 is 44.1 Å². The molecule has 1 N–H and O–H groups in total. The number of carbonyl (C=O) groups is 1. The van der Waals surface area contributed by atoms with Gasteiger partial charge in [-0.15, -0.1) is 0 Å². The van der Waals surface area contributed by atoms with E-state index in [-0.39, 0.29) is 22.0 Å². The molecule has 9 heteroatoms. The van der Waals surface area contributed by atoms with E-state index in [2.05, 4.69) is 76.2 Å². The van der Waals surface area contributed by atoms with E-state index in [1.165, 1.54) is 32.5 Å². The molecule has 2 aliphatic rings. The predicted octanol–water partition coefficient (Wildman–Crippen LogP) is 3.39. The Bertz CT molecular complexity index is 1110. The molecule has 1 aromatic heterocycles. The summed E-state index contributed by atoms with van der Waals surface area (Å²) in [7, 11) is 0.757. The van der Waals surface area contributed by atoms with Crippen molar-refractivity contribution in [3.63, 3.8) is 0 Å². The van der Waals surface area contributed by atoms with Crippen LogP contribution >= 0.6 is 22.6 Å². The Hall–Kier alpha value is -1.72. The molecular formula is C22H27IN4O3S. The molecule has 1 aromatic carbocycles. The number of urea groups is 1. The van der Waals surface area contributed by atoms with E-state index < -0.39 is 9.84 Å². The minimum atomic E-state index is -3.48. The van der Waals surface area contributed by atoms with E-state index in [0.717, 1.165) is 31.9 Å². The fourth-order valence-corrected chi connectivity index (χ4v) is 6.38. The van der Waals surface area contributed by atoms with Gasteiger partial charge in [-0.1, -0.05) is 12.1 Å². The van der Waals surface area contributed by atoms with Gasteiger partial charge in [0.25, 0.3) is 0 Å². The number of carbonyl (C=O) groups excluding carboxylic acids is 1. The van der Waals surface area contributed by atoms with Crippen molar-refractivity contribution in [1.82, 2.24) is 15.2 Å². The second kappa shape index (κ2) is 8.00. The van der Waals surface area contributed by atoms with Crippen LogP contribution in [0.3, 0.4) is 0 Å². The molecule has 7 nitrogen and oxygen atoms in total. The first-order chi connectivity index (χ1) is 14.6. The molecular weight excluding hydrogens is 527 g/mol. The van der Waals surface area contributed by atoms with Gasteiger partial charge >= 0.3 is 6.03 Å². The maximum atomic E-state index is 12.9. The predicted molar refractivity (Wildman–Crippen MR) is 129 cm³/mol. The maximum absolute atomic E-state index is 12.9. The van der Waals surface area contributed by atoms with Gasteiger partial charge in [0.2, 0.25) is 0 Å². The van der Waals surface area contributed by atoms with Crippen LogP contribution in [0, 0.1) is 3.57 Å². The molecule has 2 aromatic rings. The lowest BCUT2D eigenvalue weighted by Gasteiger charge is -2.48. The summed E-state index contributed by atoms with van der Waals surface area (Å²) < 4.78 is 25.7. The quantitative estimate of drug-likeness (QED) is 0.587. The molecule has 0 unspecified atom stereocenters. The van der Waals surface area contributed by atoms with Gasteiger partial charge in [0, 0.05) is 21.6 Å². The van der Waals surface area contributed by atoms with Crippen LogP contribution in [0.25, 0.3) is 0 Å². The van der Waals surface area contributed by atoms with Crippen LogP contribution in [-0.2, 0) is 15.4 Å². The largest absolute Gasteiger partial charge is 0.330 e. The van der Waals surface area contributed by atoms with Crippen molar-refractivity contribution in [3.05, 3.63) is 51.9 Å². The van der Waals surface area contributed by atoms with E-state index in [0.29, 0.717) is 12.2 Å². The Balaban J connectivity index is 1.61. The highest BCUT2D eigenvalue weighted by atomic mass is 127. The van der Waals surface area contributed by atoms with Crippen LogP contribution < -0.4 is 10.2 Å². The molecule has 2 amide bonds. The van der Waals surface area contributed by atoms with Gasteiger partial charge in [0.15, 0.2) is 9.84 Å². The van der Waals surface area contributed by atoms with Crippen LogP contribution in [-0.4, -0.2) is 56.8 Å². The molecule has 1 aliphatic carbocycles.